The molecule has 1 heterocycles. The van der Waals surface area contributed by atoms with E-state index in [1.54, 1.807) is 50.4 Å². The van der Waals surface area contributed by atoms with Crippen molar-refractivity contribution < 1.29 is 18.3 Å². The van der Waals surface area contributed by atoms with Crippen LogP contribution in [-0.2, 0) is 4.79 Å². The second kappa shape index (κ2) is 8.01. The Bertz CT molecular complexity index is 912. The molecule has 1 aromatic heterocycles. The molecule has 0 saturated heterocycles. The van der Waals surface area contributed by atoms with Crippen LogP contribution in [0, 0.1) is 12.7 Å². The zero-order valence-corrected chi connectivity index (χ0v) is 15.0. The van der Waals surface area contributed by atoms with Crippen molar-refractivity contribution in [2.24, 2.45) is 0 Å². The van der Waals surface area contributed by atoms with Crippen molar-refractivity contribution in [1.29, 1.82) is 0 Å². The van der Waals surface area contributed by atoms with Crippen molar-refractivity contribution in [3.8, 4) is 17.2 Å². The van der Waals surface area contributed by atoms with Gasteiger partial charge in [-0.2, -0.15) is 0 Å². The topological polar surface area (TPSA) is 77.2 Å². The Morgan fingerprint density at radius 2 is 2.00 bits per heavy atom. The molecule has 0 atom stereocenters. The van der Waals surface area contributed by atoms with Crippen LogP contribution in [-0.4, -0.2) is 29.0 Å². The van der Waals surface area contributed by atoms with Crippen molar-refractivity contribution in [1.82, 2.24) is 10.2 Å². The molecule has 26 heavy (non-hydrogen) atoms. The van der Waals surface area contributed by atoms with Gasteiger partial charge in [-0.25, -0.2) is 4.39 Å². The molecule has 8 heteroatoms. The molecule has 1 amide bonds. The number of methoxy groups -OCH3 is 1. The number of aromatic nitrogens is 2. The SMILES string of the molecule is COc1ccc(-c2nnc(SCC(=O)Nc3cccc(F)c3C)o2)cc1. The number of halogens is 1. The minimum absolute atomic E-state index is 0.0696. The number of rotatable bonds is 6. The summed E-state index contributed by atoms with van der Waals surface area (Å²) in [6.45, 7) is 1.61. The summed E-state index contributed by atoms with van der Waals surface area (Å²) < 4.78 is 24.1. The number of thioether (sulfide) groups is 1. The zero-order chi connectivity index (χ0) is 18.5. The van der Waals surface area contributed by atoms with Gasteiger partial charge in [-0.15, -0.1) is 10.2 Å². The van der Waals surface area contributed by atoms with E-state index in [1.165, 1.54) is 6.07 Å². The lowest BCUT2D eigenvalue weighted by atomic mass is 10.2. The number of anilines is 1. The average molecular weight is 373 g/mol. The number of nitrogens with one attached hydrogen (secondary N) is 1. The largest absolute Gasteiger partial charge is 0.497 e. The predicted octanol–water partition coefficient (Wildman–Crippen LogP) is 3.92. The number of hydrogen-bond acceptors (Lipinski definition) is 6. The Morgan fingerprint density at radius 3 is 2.73 bits per heavy atom. The van der Waals surface area contributed by atoms with Gasteiger partial charge in [0, 0.05) is 16.8 Å². The number of amides is 1. The van der Waals surface area contributed by atoms with E-state index < -0.39 is 0 Å². The molecule has 0 radical (unpaired) electrons. The third-order valence-electron chi connectivity index (χ3n) is 3.61. The van der Waals surface area contributed by atoms with E-state index in [2.05, 4.69) is 15.5 Å². The highest BCUT2D eigenvalue weighted by Crippen LogP contribution is 2.25. The normalized spacial score (nSPS) is 10.6. The first-order valence-electron chi connectivity index (χ1n) is 7.72. The molecular weight excluding hydrogens is 357 g/mol. The van der Waals surface area contributed by atoms with Gasteiger partial charge in [-0.3, -0.25) is 4.79 Å². The van der Waals surface area contributed by atoms with E-state index >= 15 is 0 Å². The second-order valence-corrected chi connectivity index (χ2v) is 6.28. The van der Waals surface area contributed by atoms with Crippen molar-refractivity contribution in [3.63, 3.8) is 0 Å². The van der Waals surface area contributed by atoms with Crippen molar-refractivity contribution >= 4 is 23.4 Å². The van der Waals surface area contributed by atoms with E-state index in [0.29, 0.717) is 17.1 Å². The van der Waals surface area contributed by atoms with Gasteiger partial charge >= 0.3 is 0 Å². The summed E-state index contributed by atoms with van der Waals surface area (Å²) in [5.74, 6) is 0.508. The highest BCUT2D eigenvalue weighted by atomic mass is 32.2. The van der Waals surface area contributed by atoms with Crippen LogP contribution >= 0.6 is 11.8 Å². The molecule has 0 aliphatic carbocycles. The number of carbonyl (C=O) groups excluding carboxylic acids is 1. The molecule has 0 unspecified atom stereocenters. The molecule has 3 rings (SSSR count). The lowest BCUT2D eigenvalue weighted by Crippen LogP contribution is -2.15. The summed E-state index contributed by atoms with van der Waals surface area (Å²) in [6, 6.07) is 11.7. The average Bonchev–Trinajstić information content (AvgIpc) is 3.13. The number of hydrogen-bond donors (Lipinski definition) is 1. The monoisotopic (exact) mass is 373 g/mol. The molecule has 0 saturated carbocycles. The van der Waals surface area contributed by atoms with E-state index in [-0.39, 0.29) is 22.7 Å². The molecule has 0 bridgehead atoms. The second-order valence-electron chi connectivity index (χ2n) is 5.35. The Hall–Kier alpha value is -2.87. The van der Waals surface area contributed by atoms with E-state index in [9.17, 15) is 9.18 Å². The summed E-state index contributed by atoms with van der Waals surface area (Å²) in [7, 11) is 1.59. The quantitative estimate of drug-likeness (QED) is 0.660. The minimum Gasteiger partial charge on any atom is -0.497 e. The van der Waals surface area contributed by atoms with E-state index in [4.69, 9.17) is 9.15 Å². The van der Waals surface area contributed by atoms with Crippen LogP contribution in [0.5, 0.6) is 5.75 Å². The van der Waals surface area contributed by atoms with Gasteiger partial charge in [0.2, 0.25) is 11.8 Å². The van der Waals surface area contributed by atoms with Gasteiger partial charge in [0.1, 0.15) is 11.6 Å². The summed E-state index contributed by atoms with van der Waals surface area (Å²) >= 11 is 1.11. The van der Waals surface area contributed by atoms with Gasteiger partial charge in [0.25, 0.3) is 5.22 Å². The van der Waals surface area contributed by atoms with Crippen LogP contribution in [0.4, 0.5) is 10.1 Å². The van der Waals surface area contributed by atoms with Gasteiger partial charge in [-0.05, 0) is 43.3 Å². The maximum Gasteiger partial charge on any atom is 0.277 e. The molecule has 0 fully saturated rings. The van der Waals surface area contributed by atoms with Crippen LogP contribution in [0.3, 0.4) is 0 Å². The zero-order valence-electron chi connectivity index (χ0n) is 14.2. The molecule has 6 nitrogen and oxygen atoms in total. The Labute approximate surface area is 153 Å². The molecule has 0 aliphatic rings. The number of nitrogens with zero attached hydrogens (tertiary/aromatic N) is 2. The highest BCUT2D eigenvalue weighted by Gasteiger charge is 2.12. The van der Waals surface area contributed by atoms with Crippen molar-refractivity contribution in [2.75, 3.05) is 18.2 Å². The van der Waals surface area contributed by atoms with Gasteiger partial charge in [0.15, 0.2) is 0 Å². The van der Waals surface area contributed by atoms with Crippen LogP contribution in [0.15, 0.2) is 52.1 Å². The Kier molecular flexibility index (Phi) is 5.52. The van der Waals surface area contributed by atoms with Crippen LogP contribution in [0.2, 0.25) is 0 Å². The molecular formula is C18H16FN3O3S. The first kappa shape index (κ1) is 17.9. The molecule has 0 spiro atoms. The third kappa shape index (κ3) is 4.20. The highest BCUT2D eigenvalue weighted by molar-refractivity contribution is 7.99. The number of ether oxygens (including phenoxy) is 1. The fourth-order valence-electron chi connectivity index (χ4n) is 2.17. The van der Waals surface area contributed by atoms with Gasteiger partial charge < -0.3 is 14.5 Å². The Morgan fingerprint density at radius 1 is 1.23 bits per heavy atom. The van der Waals surface area contributed by atoms with Gasteiger partial charge in [-0.1, -0.05) is 17.8 Å². The van der Waals surface area contributed by atoms with Gasteiger partial charge in [0.05, 0.1) is 12.9 Å². The van der Waals surface area contributed by atoms with Crippen LogP contribution in [0.25, 0.3) is 11.5 Å². The predicted molar refractivity (Wildman–Crippen MR) is 96.8 cm³/mol. The first-order chi connectivity index (χ1) is 12.6. The third-order valence-corrected chi connectivity index (χ3v) is 4.43. The maximum atomic E-state index is 13.5. The fourth-order valence-corrected chi connectivity index (χ4v) is 2.74. The molecule has 0 aliphatic heterocycles. The molecule has 2 aromatic carbocycles. The summed E-state index contributed by atoms with van der Waals surface area (Å²) in [4.78, 5) is 12.0. The minimum atomic E-state index is -0.364. The maximum absolute atomic E-state index is 13.5. The summed E-state index contributed by atoms with van der Waals surface area (Å²) in [5, 5.41) is 10.8. The lowest BCUT2D eigenvalue weighted by Gasteiger charge is -2.07. The van der Waals surface area contributed by atoms with E-state index in [0.717, 1.165) is 23.1 Å². The van der Waals surface area contributed by atoms with Crippen molar-refractivity contribution in [2.45, 2.75) is 12.1 Å². The number of carbonyl (C=O) groups is 1. The summed E-state index contributed by atoms with van der Waals surface area (Å²) in [6.07, 6.45) is 0. The van der Waals surface area contributed by atoms with Crippen LogP contribution < -0.4 is 10.1 Å². The first-order valence-corrected chi connectivity index (χ1v) is 8.71. The van der Waals surface area contributed by atoms with E-state index in [1.807, 2.05) is 0 Å². The van der Waals surface area contributed by atoms with Crippen LogP contribution in [0.1, 0.15) is 5.56 Å². The Balaban J connectivity index is 1.59. The molecule has 3 aromatic rings. The standard InChI is InChI=1S/C18H16FN3O3S/c1-11-14(19)4-3-5-15(11)20-16(23)10-26-18-22-21-17(25-18)12-6-8-13(24-2)9-7-12/h3-9H,10H2,1-2H3,(H,20,23). The molecule has 134 valence electrons. The lowest BCUT2D eigenvalue weighted by molar-refractivity contribution is -0.113. The molecule has 1 N–H and O–H groups in total. The van der Waals surface area contributed by atoms with Crippen molar-refractivity contribution in [3.05, 3.63) is 53.8 Å². The smallest absolute Gasteiger partial charge is 0.277 e. The summed E-state index contributed by atoms with van der Waals surface area (Å²) in [5.41, 5.74) is 1.59. The number of benzene rings is 2. The fraction of sp³-hybridized carbons (Fsp3) is 0.167.